The Labute approximate surface area is 175 Å². The van der Waals surface area contributed by atoms with Crippen LogP contribution in [0.4, 0.5) is 18.9 Å². The number of carbonyl (C=O) groups excluding carboxylic acids is 3. The summed E-state index contributed by atoms with van der Waals surface area (Å²) in [4.78, 5) is 39.7. The largest absolute Gasteiger partial charge is 0.471 e. The SMILES string of the molecule is Cc1c(Cl)cccc1N(CN1C(=O)[C@H]2[C@@H]3C=C[C@@H]([C@H]4C[C@H]34)[C@@H]2C1=O)C(=O)C(F)(F)F. The molecule has 1 aliphatic heterocycles. The maximum atomic E-state index is 13.3. The van der Waals surface area contributed by atoms with Crippen molar-refractivity contribution in [3.8, 4) is 0 Å². The van der Waals surface area contributed by atoms with Crippen LogP contribution in [0.5, 0.6) is 0 Å². The summed E-state index contributed by atoms with van der Waals surface area (Å²) in [6.07, 6.45) is -0.227. The van der Waals surface area contributed by atoms with Crippen LogP contribution in [0.15, 0.2) is 30.4 Å². The van der Waals surface area contributed by atoms with Crippen molar-refractivity contribution in [3.05, 3.63) is 40.9 Å². The van der Waals surface area contributed by atoms with Gasteiger partial charge in [0.25, 0.3) is 0 Å². The second kappa shape index (κ2) is 6.33. The summed E-state index contributed by atoms with van der Waals surface area (Å²) in [6.45, 7) is 0.707. The van der Waals surface area contributed by atoms with E-state index in [-0.39, 0.29) is 28.1 Å². The number of imide groups is 1. The number of nitrogens with zero attached hydrogens (tertiary/aromatic N) is 2. The van der Waals surface area contributed by atoms with E-state index in [9.17, 15) is 27.6 Å². The van der Waals surface area contributed by atoms with Gasteiger partial charge >= 0.3 is 12.1 Å². The van der Waals surface area contributed by atoms with Crippen LogP contribution in [0.3, 0.4) is 0 Å². The third-order valence-electron chi connectivity index (χ3n) is 7.05. The zero-order valence-corrected chi connectivity index (χ0v) is 16.7. The standard InChI is InChI=1S/C21H18ClF3N2O3/c1-9-14(22)3-2-4-15(9)26(20(30)21(23,24)25)8-27-18(28)16-10-5-6-11(13-7-12(10)13)17(16)19(27)29/h2-6,10-13,16-17H,7-8H2,1H3/t10-,11+,12-,13-,16+,17+/m1/s1. The van der Waals surface area contributed by atoms with Gasteiger partial charge < -0.3 is 0 Å². The van der Waals surface area contributed by atoms with E-state index in [4.69, 9.17) is 11.6 Å². The van der Waals surface area contributed by atoms with Gasteiger partial charge in [0, 0.05) is 5.02 Å². The maximum Gasteiger partial charge on any atom is 0.471 e. The van der Waals surface area contributed by atoms with E-state index in [0.29, 0.717) is 16.7 Å². The van der Waals surface area contributed by atoms with E-state index in [0.717, 1.165) is 11.3 Å². The summed E-state index contributed by atoms with van der Waals surface area (Å²) in [5.74, 6) is -3.56. The van der Waals surface area contributed by atoms with E-state index >= 15 is 0 Å². The third kappa shape index (κ3) is 2.65. The fraction of sp³-hybridized carbons (Fsp3) is 0.476. The monoisotopic (exact) mass is 438 g/mol. The van der Waals surface area contributed by atoms with Gasteiger partial charge in [-0.25, -0.2) is 0 Å². The minimum absolute atomic E-state index is 0.0499. The Morgan fingerprint density at radius 3 is 2.23 bits per heavy atom. The van der Waals surface area contributed by atoms with Crippen LogP contribution in [0.1, 0.15) is 12.0 Å². The number of halogens is 4. The number of rotatable bonds is 3. The predicted octanol–water partition coefficient (Wildman–Crippen LogP) is 3.55. The Bertz CT molecular complexity index is 972. The van der Waals surface area contributed by atoms with Crippen molar-refractivity contribution in [2.45, 2.75) is 19.5 Å². The summed E-state index contributed by atoms with van der Waals surface area (Å²) >= 11 is 6.04. The van der Waals surface area contributed by atoms with Crippen molar-refractivity contribution in [2.24, 2.45) is 35.5 Å². The average molecular weight is 439 g/mol. The molecule has 3 amide bonds. The van der Waals surface area contributed by atoms with Gasteiger partial charge in [0.05, 0.1) is 17.5 Å². The molecule has 0 aromatic heterocycles. The lowest BCUT2D eigenvalue weighted by Crippen LogP contribution is -2.49. The van der Waals surface area contributed by atoms with Crippen LogP contribution in [0.25, 0.3) is 0 Å². The molecule has 0 radical (unpaired) electrons. The van der Waals surface area contributed by atoms with Crippen LogP contribution in [0.2, 0.25) is 5.02 Å². The van der Waals surface area contributed by atoms with Crippen molar-refractivity contribution in [1.82, 2.24) is 4.90 Å². The number of anilines is 1. The molecule has 9 heteroatoms. The first-order valence-electron chi connectivity index (χ1n) is 9.78. The predicted molar refractivity (Wildman–Crippen MR) is 101 cm³/mol. The molecule has 6 rings (SSSR count). The molecule has 5 nitrogen and oxygen atoms in total. The highest BCUT2D eigenvalue weighted by atomic mass is 35.5. The topological polar surface area (TPSA) is 57.7 Å². The van der Waals surface area contributed by atoms with Crippen molar-refractivity contribution in [2.75, 3.05) is 11.6 Å². The second-order valence-electron chi connectivity index (χ2n) is 8.52. The molecule has 6 atom stereocenters. The number of carbonyl (C=O) groups is 3. The first-order valence-corrected chi connectivity index (χ1v) is 10.2. The summed E-state index contributed by atoms with van der Waals surface area (Å²) < 4.78 is 40.0. The molecular weight excluding hydrogens is 421 g/mol. The first-order chi connectivity index (χ1) is 14.1. The zero-order valence-electron chi connectivity index (χ0n) is 15.9. The molecule has 0 spiro atoms. The highest BCUT2D eigenvalue weighted by Gasteiger charge is 2.67. The number of allylic oxidation sites excluding steroid dienone is 2. The van der Waals surface area contributed by atoms with Gasteiger partial charge in [-0.15, -0.1) is 0 Å². The highest BCUT2D eigenvalue weighted by molar-refractivity contribution is 6.31. The third-order valence-corrected chi connectivity index (χ3v) is 7.46. The summed E-state index contributed by atoms with van der Waals surface area (Å²) in [5.41, 5.74) is 0.181. The van der Waals surface area contributed by atoms with Gasteiger partial charge in [-0.1, -0.05) is 29.8 Å². The van der Waals surface area contributed by atoms with Crippen molar-refractivity contribution in [1.29, 1.82) is 0 Å². The summed E-state index contributed by atoms with van der Waals surface area (Å²) in [5, 5.41) is 0.183. The molecule has 0 N–H and O–H groups in total. The minimum Gasteiger partial charge on any atom is -0.285 e. The smallest absolute Gasteiger partial charge is 0.285 e. The van der Waals surface area contributed by atoms with Crippen molar-refractivity contribution >= 4 is 35.0 Å². The lowest BCUT2D eigenvalue weighted by atomic mass is 9.63. The Hall–Kier alpha value is -2.35. The van der Waals surface area contributed by atoms with Crippen LogP contribution < -0.4 is 4.90 Å². The Kier molecular flexibility index (Phi) is 4.13. The molecule has 4 aliphatic carbocycles. The average Bonchev–Trinajstić information content (AvgIpc) is 3.47. The number of likely N-dealkylation sites (tertiary alicyclic amines) is 1. The highest BCUT2D eigenvalue weighted by Crippen LogP contribution is 2.65. The van der Waals surface area contributed by atoms with Crippen LogP contribution in [-0.4, -0.2) is 35.5 Å². The van der Waals surface area contributed by atoms with Crippen molar-refractivity contribution < 1.29 is 27.6 Å². The minimum atomic E-state index is -5.17. The fourth-order valence-electron chi connectivity index (χ4n) is 5.59. The molecule has 2 saturated carbocycles. The van der Waals surface area contributed by atoms with E-state index in [2.05, 4.69) is 0 Å². The Balaban J connectivity index is 1.50. The van der Waals surface area contributed by atoms with Crippen LogP contribution in [-0.2, 0) is 14.4 Å². The Morgan fingerprint density at radius 2 is 1.70 bits per heavy atom. The number of hydrogen-bond donors (Lipinski definition) is 0. The quantitative estimate of drug-likeness (QED) is 0.535. The van der Waals surface area contributed by atoms with Crippen molar-refractivity contribution in [3.63, 3.8) is 0 Å². The Morgan fingerprint density at radius 1 is 1.13 bits per heavy atom. The fourth-order valence-corrected chi connectivity index (χ4v) is 5.76. The van der Waals surface area contributed by atoms with Gasteiger partial charge in [-0.2, -0.15) is 13.2 Å². The molecule has 5 aliphatic rings. The molecule has 1 heterocycles. The molecule has 0 unspecified atom stereocenters. The van der Waals surface area contributed by atoms with Gasteiger partial charge in [-0.05, 0) is 54.7 Å². The van der Waals surface area contributed by atoms with E-state index < -0.39 is 42.4 Å². The number of alkyl halides is 3. The first kappa shape index (κ1) is 19.6. The molecule has 1 aromatic rings. The van der Waals surface area contributed by atoms with Crippen LogP contribution in [0, 0.1) is 42.4 Å². The van der Waals surface area contributed by atoms with E-state index in [1.807, 2.05) is 12.2 Å². The zero-order chi connectivity index (χ0) is 21.5. The molecule has 30 heavy (non-hydrogen) atoms. The van der Waals surface area contributed by atoms with E-state index in [1.54, 1.807) is 0 Å². The molecule has 2 bridgehead atoms. The van der Waals surface area contributed by atoms with E-state index in [1.165, 1.54) is 25.1 Å². The second-order valence-corrected chi connectivity index (χ2v) is 8.92. The maximum absolute atomic E-state index is 13.3. The van der Waals surface area contributed by atoms with Gasteiger partial charge in [0.2, 0.25) is 11.8 Å². The molecule has 158 valence electrons. The number of hydrogen-bond acceptors (Lipinski definition) is 3. The van der Waals surface area contributed by atoms with Gasteiger partial charge in [0.1, 0.15) is 6.67 Å². The van der Waals surface area contributed by atoms with Gasteiger partial charge in [-0.3, -0.25) is 24.2 Å². The normalized spacial score (nSPS) is 33.6. The number of benzene rings is 1. The lowest BCUT2D eigenvalue weighted by Gasteiger charge is -2.37. The van der Waals surface area contributed by atoms with Crippen LogP contribution >= 0.6 is 11.6 Å². The molecular formula is C21H18ClF3N2O3. The molecule has 1 aromatic carbocycles. The number of amides is 3. The molecule has 3 fully saturated rings. The molecule has 1 saturated heterocycles. The van der Waals surface area contributed by atoms with Gasteiger partial charge in [0.15, 0.2) is 0 Å². The summed E-state index contributed by atoms with van der Waals surface area (Å²) in [6, 6.07) is 4.24. The summed E-state index contributed by atoms with van der Waals surface area (Å²) in [7, 11) is 0. The lowest BCUT2D eigenvalue weighted by molar-refractivity contribution is -0.171.